The van der Waals surface area contributed by atoms with Crippen LogP contribution < -0.4 is 0 Å². The highest BCUT2D eigenvalue weighted by Crippen LogP contribution is 2.63. The molecular weight excluding hydrogens is 328 g/mol. The molecule has 3 fully saturated rings. The standard InChI is InChI=1S/C22H34O4/c1-14-7-6-9-21(3,4)17-8-10-22(5,20(14)17)18-13-26-19(24)11-16(18)12-25-15(2)23/h16-18,20H,1,6-13H2,2-5H3/t16?,17-,18?,20-,22+/m1/s1. The van der Waals surface area contributed by atoms with Gasteiger partial charge in [0.25, 0.3) is 0 Å². The number of hydrogen-bond donors (Lipinski definition) is 0. The topological polar surface area (TPSA) is 52.6 Å². The maximum atomic E-state index is 11.9. The Bertz CT molecular complexity index is 593. The number of ether oxygens (including phenoxy) is 2. The van der Waals surface area contributed by atoms with Gasteiger partial charge in [-0.25, -0.2) is 0 Å². The SMILES string of the molecule is C=C1CCCC(C)(C)[C@@H]2CC[C@@](C)(C3COC(=O)CC3COC(C)=O)[C@H]12. The lowest BCUT2D eigenvalue weighted by molar-refractivity contribution is -0.164. The number of carbonyl (C=O) groups is 2. The summed E-state index contributed by atoms with van der Waals surface area (Å²) in [6.07, 6.45) is 6.24. The molecule has 0 aromatic carbocycles. The van der Waals surface area contributed by atoms with Crippen molar-refractivity contribution >= 4 is 11.9 Å². The van der Waals surface area contributed by atoms with Gasteiger partial charge in [0.1, 0.15) is 0 Å². The van der Waals surface area contributed by atoms with Gasteiger partial charge < -0.3 is 9.47 Å². The van der Waals surface area contributed by atoms with Crippen LogP contribution in [0.1, 0.15) is 66.2 Å². The van der Waals surface area contributed by atoms with Crippen molar-refractivity contribution in [2.24, 2.45) is 34.5 Å². The Morgan fingerprint density at radius 3 is 2.69 bits per heavy atom. The second-order valence-corrected chi connectivity index (χ2v) is 9.69. The van der Waals surface area contributed by atoms with Crippen LogP contribution >= 0.6 is 0 Å². The van der Waals surface area contributed by atoms with Crippen LogP contribution in [0.15, 0.2) is 12.2 Å². The highest BCUT2D eigenvalue weighted by Gasteiger charge is 2.57. The van der Waals surface area contributed by atoms with E-state index in [0.29, 0.717) is 36.9 Å². The largest absolute Gasteiger partial charge is 0.466 e. The average Bonchev–Trinajstić information content (AvgIpc) is 2.86. The van der Waals surface area contributed by atoms with Gasteiger partial charge in [0, 0.05) is 18.8 Å². The van der Waals surface area contributed by atoms with Crippen molar-refractivity contribution in [3.8, 4) is 0 Å². The summed E-state index contributed by atoms with van der Waals surface area (Å²) in [6, 6.07) is 0. The van der Waals surface area contributed by atoms with Gasteiger partial charge in [-0.15, -0.1) is 0 Å². The summed E-state index contributed by atoms with van der Waals surface area (Å²) in [5.74, 6) is 0.910. The number of cyclic esters (lactones) is 1. The average molecular weight is 363 g/mol. The molecule has 0 aromatic heterocycles. The van der Waals surface area contributed by atoms with Crippen LogP contribution in [0, 0.1) is 34.5 Å². The van der Waals surface area contributed by atoms with Gasteiger partial charge in [0.05, 0.1) is 19.6 Å². The molecule has 1 aliphatic heterocycles. The highest BCUT2D eigenvalue weighted by atomic mass is 16.5. The third kappa shape index (κ3) is 3.44. The molecule has 0 spiro atoms. The Morgan fingerprint density at radius 1 is 1.27 bits per heavy atom. The van der Waals surface area contributed by atoms with Crippen LogP contribution in [-0.2, 0) is 19.1 Å². The maximum Gasteiger partial charge on any atom is 0.306 e. The van der Waals surface area contributed by atoms with Crippen LogP contribution in [0.25, 0.3) is 0 Å². The second-order valence-electron chi connectivity index (χ2n) is 9.69. The summed E-state index contributed by atoms with van der Waals surface area (Å²) in [4.78, 5) is 23.2. The number of rotatable bonds is 3. The minimum absolute atomic E-state index is 0.0445. The molecule has 3 aliphatic rings. The Morgan fingerprint density at radius 2 is 2.00 bits per heavy atom. The monoisotopic (exact) mass is 362 g/mol. The molecule has 0 amide bonds. The van der Waals surface area contributed by atoms with Crippen molar-refractivity contribution in [2.45, 2.75) is 66.2 Å². The van der Waals surface area contributed by atoms with E-state index in [1.54, 1.807) is 0 Å². The van der Waals surface area contributed by atoms with E-state index in [9.17, 15) is 9.59 Å². The van der Waals surface area contributed by atoms with Gasteiger partial charge >= 0.3 is 11.9 Å². The van der Waals surface area contributed by atoms with E-state index in [0.717, 1.165) is 12.8 Å². The summed E-state index contributed by atoms with van der Waals surface area (Å²) in [6.45, 7) is 13.9. The lowest BCUT2D eigenvalue weighted by atomic mass is 9.59. The predicted octanol–water partition coefficient (Wildman–Crippen LogP) is 4.53. The van der Waals surface area contributed by atoms with Gasteiger partial charge in [-0.05, 0) is 54.8 Å². The van der Waals surface area contributed by atoms with E-state index >= 15 is 0 Å². The lowest BCUT2D eigenvalue weighted by Gasteiger charge is -2.47. The molecule has 3 rings (SSSR count). The van der Waals surface area contributed by atoms with E-state index in [1.807, 2.05) is 0 Å². The van der Waals surface area contributed by atoms with Gasteiger partial charge in [0.15, 0.2) is 0 Å². The molecule has 0 radical (unpaired) electrons. The molecule has 2 saturated carbocycles. The minimum Gasteiger partial charge on any atom is -0.466 e. The molecule has 146 valence electrons. The van der Waals surface area contributed by atoms with E-state index < -0.39 is 0 Å². The second kappa shape index (κ2) is 7.01. The zero-order valence-corrected chi connectivity index (χ0v) is 16.8. The number of fused-ring (bicyclic) bond motifs is 1. The summed E-state index contributed by atoms with van der Waals surface area (Å²) in [5.41, 5.74) is 1.75. The molecule has 2 aliphatic carbocycles. The van der Waals surface area contributed by atoms with Crippen LogP contribution in [0.2, 0.25) is 0 Å². The maximum absolute atomic E-state index is 11.9. The number of carbonyl (C=O) groups excluding carboxylic acids is 2. The van der Waals surface area contributed by atoms with Crippen LogP contribution in [0.4, 0.5) is 0 Å². The van der Waals surface area contributed by atoms with Crippen molar-refractivity contribution in [3.05, 3.63) is 12.2 Å². The van der Waals surface area contributed by atoms with Gasteiger partial charge in [-0.1, -0.05) is 32.9 Å². The Kier molecular flexibility index (Phi) is 5.24. The van der Waals surface area contributed by atoms with Gasteiger partial charge in [0.2, 0.25) is 0 Å². The first-order chi connectivity index (χ1) is 12.1. The first-order valence-corrected chi connectivity index (χ1v) is 10.1. The molecular formula is C22H34O4. The molecule has 2 unspecified atom stereocenters. The lowest BCUT2D eigenvalue weighted by Crippen LogP contribution is -2.47. The zero-order chi connectivity index (χ0) is 19.1. The van der Waals surface area contributed by atoms with Crippen molar-refractivity contribution in [1.82, 2.24) is 0 Å². The van der Waals surface area contributed by atoms with E-state index in [1.165, 1.54) is 31.8 Å². The summed E-state index contributed by atoms with van der Waals surface area (Å²) >= 11 is 0. The molecule has 0 aromatic rings. The first-order valence-electron chi connectivity index (χ1n) is 10.1. The van der Waals surface area contributed by atoms with Crippen molar-refractivity contribution in [2.75, 3.05) is 13.2 Å². The molecule has 1 saturated heterocycles. The highest BCUT2D eigenvalue weighted by molar-refractivity contribution is 5.70. The normalized spacial score (nSPS) is 39.7. The summed E-state index contributed by atoms with van der Waals surface area (Å²) < 4.78 is 10.8. The number of allylic oxidation sites excluding steroid dienone is 1. The van der Waals surface area contributed by atoms with Crippen LogP contribution in [-0.4, -0.2) is 25.2 Å². The third-order valence-electron chi connectivity index (χ3n) is 7.64. The quantitative estimate of drug-likeness (QED) is 0.547. The fourth-order valence-electron chi connectivity index (χ4n) is 6.23. The fourth-order valence-corrected chi connectivity index (χ4v) is 6.23. The fraction of sp³-hybridized carbons (Fsp3) is 0.818. The molecule has 0 N–H and O–H groups in total. The minimum atomic E-state index is -0.280. The smallest absolute Gasteiger partial charge is 0.306 e. The third-order valence-corrected chi connectivity index (χ3v) is 7.64. The Balaban J connectivity index is 1.90. The summed E-state index contributed by atoms with van der Waals surface area (Å²) in [5, 5.41) is 0. The number of hydrogen-bond acceptors (Lipinski definition) is 4. The Hall–Kier alpha value is -1.32. The van der Waals surface area contributed by atoms with E-state index in [2.05, 4.69) is 27.4 Å². The van der Waals surface area contributed by atoms with Crippen LogP contribution in [0.5, 0.6) is 0 Å². The molecule has 0 bridgehead atoms. The van der Waals surface area contributed by atoms with Crippen molar-refractivity contribution in [1.29, 1.82) is 0 Å². The van der Waals surface area contributed by atoms with E-state index in [-0.39, 0.29) is 29.2 Å². The molecule has 1 heterocycles. The van der Waals surface area contributed by atoms with Crippen molar-refractivity contribution in [3.63, 3.8) is 0 Å². The van der Waals surface area contributed by atoms with Gasteiger partial charge in [-0.3, -0.25) is 9.59 Å². The molecule has 4 heteroatoms. The van der Waals surface area contributed by atoms with Crippen LogP contribution in [0.3, 0.4) is 0 Å². The first kappa shape index (κ1) is 19.4. The Labute approximate surface area is 157 Å². The van der Waals surface area contributed by atoms with Gasteiger partial charge in [-0.2, -0.15) is 0 Å². The number of esters is 2. The molecule has 26 heavy (non-hydrogen) atoms. The zero-order valence-electron chi connectivity index (χ0n) is 16.8. The predicted molar refractivity (Wildman–Crippen MR) is 100 cm³/mol. The van der Waals surface area contributed by atoms with E-state index in [4.69, 9.17) is 9.47 Å². The van der Waals surface area contributed by atoms with Crippen molar-refractivity contribution < 1.29 is 19.1 Å². The molecule has 4 nitrogen and oxygen atoms in total. The molecule has 5 atom stereocenters. The summed E-state index contributed by atoms with van der Waals surface area (Å²) in [7, 11) is 0.